The Balaban J connectivity index is 1.06. The van der Waals surface area contributed by atoms with Gasteiger partial charge in [0.25, 0.3) is 6.71 Å². The van der Waals surface area contributed by atoms with Crippen molar-refractivity contribution in [3.05, 3.63) is 182 Å². The second kappa shape index (κ2) is 12.1. The predicted octanol–water partition coefficient (Wildman–Crippen LogP) is 9.86. The lowest BCUT2D eigenvalue weighted by Crippen LogP contribution is -2.59. The second-order valence-corrected chi connectivity index (χ2v) is 15.8. The van der Waals surface area contributed by atoms with Crippen LogP contribution in [-0.4, -0.2) is 39.4 Å². The van der Waals surface area contributed by atoms with Crippen molar-refractivity contribution < 1.29 is 4.74 Å². The number of rotatable bonds is 6. The molecule has 59 heavy (non-hydrogen) atoms. The summed E-state index contributed by atoms with van der Waals surface area (Å²) in [6.07, 6.45) is 6.05. The molecule has 0 saturated carbocycles. The van der Waals surface area contributed by atoms with Gasteiger partial charge >= 0.3 is 0 Å². The number of hydrogen-bond donors (Lipinski definition) is 0. The van der Waals surface area contributed by atoms with E-state index in [1.807, 2.05) is 30.5 Å². The maximum absolute atomic E-state index is 6.64. The van der Waals surface area contributed by atoms with Crippen LogP contribution in [0.25, 0.3) is 55.0 Å². The van der Waals surface area contributed by atoms with Gasteiger partial charge in [-0.1, -0.05) is 91.0 Å². The molecule has 13 rings (SSSR count). The van der Waals surface area contributed by atoms with Crippen molar-refractivity contribution in [3.8, 4) is 22.9 Å². The van der Waals surface area contributed by atoms with Crippen LogP contribution in [-0.2, 0) is 0 Å². The molecule has 3 aliphatic heterocycles. The largest absolute Gasteiger partial charge is 0.457 e. The Morgan fingerprint density at radius 2 is 1.17 bits per heavy atom. The lowest BCUT2D eigenvalue weighted by Gasteiger charge is -2.35. The summed E-state index contributed by atoms with van der Waals surface area (Å²) in [7, 11) is 2.08. The maximum Gasteiger partial charge on any atom is 0.252 e. The van der Waals surface area contributed by atoms with Crippen molar-refractivity contribution in [3.63, 3.8) is 0 Å². The van der Waals surface area contributed by atoms with E-state index in [1.54, 1.807) is 0 Å². The maximum atomic E-state index is 6.64. The normalized spacial score (nSPS) is 13.6. The monoisotopic (exact) mass is 758 g/mol. The number of fused-ring (bicyclic) bond motifs is 10. The van der Waals surface area contributed by atoms with Gasteiger partial charge in [-0.25, -0.2) is 4.98 Å². The molecule has 6 heterocycles. The van der Waals surface area contributed by atoms with Crippen molar-refractivity contribution >= 4 is 89.6 Å². The lowest BCUT2D eigenvalue weighted by atomic mass is 9.34. The molecule has 8 heteroatoms. The molecule has 0 unspecified atom stereocenters. The SMILES string of the molecule is CN1C=CN(c2cccc(Oc3cccc(N(c4cc5c6c(c4)-n4c7ccccc7c7cccc(c74)B6c4cccc6c7ccccc7n-5c46)c4ccccn4)c3)c2)C1. The summed E-state index contributed by atoms with van der Waals surface area (Å²) >= 11 is 0. The van der Waals surface area contributed by atoms with Gasteiger partial charge in [-0.05, 0) is 77.1 Å². The third-order valence-corrected chi connectivity index (χ3v) is 12.4. The summed E-state index contributed by atoms with van der Waals surface area (Å²) in [5, 5.41) is 5.07. The first-order valence-electron chi connectivity index (χ1n) is 20.2. The Morgan fingerprint density at radius 3 is 1.81 bits per heavy atom. The molecule has 0 fully saturated rings. The number of pyridine rings is 1. The van der Waals surface area contributed by atoms with E-state index in [1.165, 1.54) is 71.4 Å². The highest BCUT2D eigenvalue weighted by atomic mass is 16.5. The molecule has 278 valence electrons. The van der Waals surface area contributed by atoms with Gasteiger partial charge < -0.3 is 23.7 Å². The molecule has 3 aromatic heterocycles. The summed E-state index contributed by atoms with van der Waals surface area (Å²) < 4.78 is 11.7. The first-order chi connectivity index (χ1) is 29.2. The standard InChI is InChI=1S/C51H35BN6O/c1-54-26-27-55(32-54)33-12-8-14-36(28-33)59-37-15-9-13-34(29-37)56(48-24-6-7-25-53-48)35-30-46-49-47(31-35)58-45-23-5-3-17-39(45)41-19-11-21-43(51(41)58)52(49)42-20-10-18-40-38-16-2-4-22-44(38)57(46)50(40)42/h2-31H,32H2,1H3. The fourth-order valence-corrected chi connectivity index (χ4v) is 10.1. The topological polar surface area (TPSA) is 41.7 Å². The highest BCUT2D eigenvalue weighted by molar-refractivity contribution is 7.00. The number of nitrogens with zero attached hydrogens (tertiary/aromatic N) is 6. The highest BCUT2D eigenvalue weighted by Crippen LogP contribution is 2.43. The van der Waals surface area contributed by atoms with E-state index in [-0.39, 0.29) is 6.71 Å². The summed E-state index contributed by atoms with van der Waals surface area (Å²) in [5.41, 5.74) is 14.3. The van der Waals surface area contributed by atoms with Crippen molar-refractivity contribution in [2.45, 2.75) is 0 Å². The molecule has 0 atom stereocenters. The number of para-hydroxylation sites is 4. The molecule has 0 N–H and O–H groups in total. The Bertz CT molecular complexity index is 3260. The molecule has 0 radical (unpaired) electrons. The van der Waals surface area contributed by atoms with E-state index in [0.717, 1.165) is 41.0 Å². The molecule has 0 amide bonds. The third kappa shape index (κ3) is 4.62. The zero-order chi connectivity index (χ0) is 38.8. The number of anilines is 4. The van der Waals surface area contributed by atoms with Crippen LogP contribution in [0, 0.1) is 0 Å². The van der Waals surface area contributed by atoms with Crippen LogP contribution >= 0.6 is 0 Å². The van der Waals surface area contributed by atoms with Gasteiger partial charge in [0, 0.05) is 87.4 Å². The van der Waals surface area contributed by atoms with Crippen LogP contribution in [0.15, 0.2) is 182 Å². The highest BCUT2D eigenvalue weighted by Gasteiger charge is 2.41. The smallest absolute Gasteiger partial charge is 0.252 e. The molecule has 10 aromatic rings. The lowest BCUT2D eigenvalue weighted by molar-refractivity contribution is 0.481. The summed E-state index contributed by atoms with van der Waals surface area (Å²) in [6.45, 7) is 0.857. The van der Waals surface area contributed by atoms with Gasteiger partial charge in [0.15, 0.2) is 0 Å². The summed E-state index contributed by atoms with van der Waals surface area (Å²) in [6, 6.07) is 59.0. The van der Waals surface area contributed by atoms with Crippen LogP contribution in [0.5, 0.6) is 11.5 Å². The first-order valence-corrected chi connectivity index (χ1v) is 20.2. The quantitative estimate of drug-likeness (QED) is 0.158. The molecule has 7 aromatic carbocycles. The van der Waals surface area contributed by atoms with Gasteiger partial charge in [-0.2, -0.15) is 0 Å². The van der Waals surface area contributed by atoms with E-state index < -0.39 is 0 Å². The zero-order valence-electron chi connectivity index (χ0n) is 32.2. The summed E-state index contributed by atoms with van der Waals surface area (Å²) in [5.74, 6) is 2.34. The minimum absolute atomic E-state index is 0.0577. The van der Waals surface area contributed by atoms with Crippen LogP contribution in [0.1, 0.15) is 0 Å². The Morgan fingerprint density at radius 1 is 0.559 bits per heavy atom. The number of benzene rings is 7. The molecule has 3 aliphatic rings. The van der Waals surface area contributed by atoms with Crippen LogP contribution in [0.4, 0.5) is 22.9 Å². The Kier molecular flexibility index (Phi) is 6.67. The molecular weight excluding hydrogens is 723 g/mol. The van der Waals surface area contributed by atoms with Gasteiger partial charge in [0.1, 0.15) is 17.3 Å². The fraction of sp³-hybridized carbons (Fsp3) is 0.0392. The number of hydrogen-bond acceptors (Lipinski definition) is 5. The van der Waals surface area contributed by atoms with Gasteiger partial charge in [-0.15, -0.1) is 0 Å². The van der Waals surface area contributed by atoms with E-state index >= 15 is 0 Å². The van der Waals surface area contributed by atoms with E-state index in [2.05, 4.69) is 183 Å². The van der Waals surface area contributed by atoms with E-state index in [4.69, 9.17) is 9.72 Å². The number of aromatic nitrogens is 3. The minimum atomic E-state index is 0.0577. The third-order valence-electron chi connectivity index (χ3n) is 12.4. The fourth-order valence-electron chi connectivity index (χ4n) is 10.1. The second-order valence-electron chi connectivity index (χ2n) is 15.8. The minimum Gasteiger partial charge on any atom is -0.457 e. The average molecular weight is 759 g/mol. The molecule has 0 saturated heterocycles. The van der Waals surface area contributed by atoms with Crippen molar-refractivity contribution in [2.24, 2.45) is 0 Å². The van der Waals surface area contributed by atoms with Crippen LogP contribution < -0.4 is 30.9 Å². The van der Waals surface area contributed by atoms with Crippen LogP contribution in [0.3, 0.4) is 0 Å². The number of ether oxygens (including phenoxy) is 1. The van der Waals surface area contributed by atoms with Crippen LogP contribution in [0.2, 0.25) is 0 Å². The molecule has 0 bridgehead atoms. The Labute approximate surface area is 340 Å². The molecular formula is C51H35BN6O. The molecule has 7 nitrogen and oxygen atoms in total. The Hall–Kier alpha value is -7.71. The van der Waals surface area contributed by atoms with E-state index in [9.17, 15) is 0 Å². The molecule has 0 aliphatic carbocycles. The van der Waals surface area contributed by atoms with Crippen molar-refractivity contribution in [2.75, 3.05) is 23.5 Å². The van der Waals surface area contributed by atoms with Crippen molar-refractivity contribution in [1.82, 2.24) is 19.0 Å². The molecule has 0 spiro atoms. The van der Waals surface area contributed by atoms with Gasteiger partial charge in [0.05, 0.1) is 29.1 Å². The van der Waals surface area contributed by atoms with Crippen molar-refractivity contribution in [1.29, 1.82) is 0 Å². The van der Waals surface area contributed by atoms with E-state index in [0.29, 0.717) is 0 Å². The average Bonchev–Trinajstić information content (AvgIpc) is 3.98. The summed E-state index contributed by atoms with van der Waals surface area (Å²) in [4.78, 5) is 11.6. The predicted molar refractivity (Wildman–Crippen MR) is 243 cm³/mol. The zero-order valence-corrected chi connectivity index (χ0v) is 32.2. The van der Waals surface area contributed by atoms with Gasteiger partial charge in [0.2, 0.25) is 0 Å². The first kappa shape index (κ1) is 32.4. The van der Waals surface area contributed by atoms with Gasteiger partial charge in [-0.3, -0.25) is 4.90 Å².